The molecule has 0 aromatic rings. The van der Waals surface area contributed by atoms with Gasteiger partial charge in [-0.25, -0.2) is 0 Å². The van der Waals surface area contributed by atoms with E-state index < -0.39 is 23.4 Å². The lowest BCUT2D eigenvalue weighted by atomic mass is 9.87. The van der Waals surface area contributed by atoms with Gasteiger partial charge in [0.05, 0.1) is 6.61 Å². The van der Waals surface area contributed by atoms with Crippen LogP contribution in [-0.4, -0.2) is 60.1 Å². The lowest BCUT2D eigenvalue weighted by Crippen LogP contribution is -2.62. The highest BCUT2D eigenvalue weighted by atomic mass is 32.1. The van der Waals surface area contributed by atoms with Crippen molar-refractivity contribution >= 4 is 17.4 Å². The van der Waals surface area contributed by atoms with Gasteiger partial charge in [0.2, 0.25) is 0 Å². The minimum absolute atomic E-state index is 0.243. The van der Waals surface area contributed by atoms with Gasteiger partial charge in [0.15, 0.2) is 17.9 Å². The summed E-state index contributed by atoms with van der Waals surface area (Å²) in [7, 11) is 0. The van der Waals surface area contributed by atoms with E-state index in [-0.39, 0.29) is 18.3 Å². The van der Waals surface area contributed by atoms with Gasteiger partial charge in [-0.3, -0.25) is 0 Å². The molecule has 4 aliphatic heterocycles. The van der Waals surface area contributed by atoms with Crippen LogP contribution in [0.3, 0.4) is 0 Å². The van der Waals surface area contributed by atoms with Gasteiger partial charge in [-0.2, -0.15) is 0 Å². The fourth-order valence-corrected chi connectivity index (χ4v) is 3.89. The predicted molar refractivity (Wildman–Crippen MR) is 78.0 cm³/mol. The van der Waals surface area contributed by atoms with Crippen LogP contribution in [0, 0.1) is 0 Å². The van der Waals surface area contributed by atoms with Crippen molar-refractivity contribution in [1.82, 2.24) is 5.32 Å². The summed E-state index contributed by atoms with van der Waals surface area (Å²) >= 11 is 5.16. The largest absolute Gasteiger partial charge is 0.468 e. The van der Waals surface area contributed by atoms with Crippen molar-refractivity contribution in [3.8, 4) is 0 Å². The van der Waals surface area contributed by atoms with Gasteiger partial charge >= 0.3 is 0 Å². The van der Waals surface area contributed by atoms with Crippen LogP contribution in [0.2, 0.25) is 0 Å². The number of fused-ring (bicyclic) bond motifs is 2. The first-order chi connectivity index (χ1) is 10.2. The molecule has 0 amide bonds. The number of rotatable bonds is 1. The summed E-state index contributed by atoms with van der Waals surface area (Å²) in [4.78, 5) is 0. The molecule has 4 saturated heterocycles. The van der Waals surface area contributed by atoms with Crippen molar-refractivity contribution in [3.63, 3.8) is 0 Å². The van der Waals surface area contributed by atoms with E-state index in [0.29, 0.717) is 18.4 Å². The average Bonchev–Trinajstić information content (AvgIpc) is 3.07. The van der Waals surface area contributed by atoms with Crippen LogP contribution in [0.15, 0.2) is 0 Å². The summed E-state index contributed by atoms with van der Waals surface area (Å²) < 4.78 is 35.2. The minimum Gasteiger partial charge on any atom is -0.468 e. The van der Waals surface area contributed by atoms with Crippen LogP contribution in [0.1, 0.15) is 27.7 Å². The number of thiocarbonyl (C=S) groups is 1. The quantitative estimate of drug-likeness (QED) is 0.703. The fraction of sp³-hybridized carbons (Fsp3) is 0.929. The molecule has 0 bridgehead atoms. The van der Waals surface area contributed by atoms with Crippen LogP contribution in [0.5, 0.6) is 0 Å². The highest BCUT2D eigenvalue weighted by molar-refractivity contribution is 7.80. The third-order valence-corrected chi connectivity index (χ3v) is 4.72. The zero-order valence-electron chi connectivity index (χ0n) is 13.1. The summed E-state index contributed by atoms with van der Waals surface area (Å²) in [6.07, 6.45) is -1.38. The molecule has 1 unspecified atom stereocenters. The molecule has 7 nitrogen and oxygen atoms in total. The SMILES string of the molecule is CC1(C)OCC([C@H]2O[C@@H]3OC(C)(C)O[C@@H]3[C@@]23COC(=S)N3)O1. The molecule has 8 heteroatoms. The van der Waals surface area contributed by atoms with Crippen molar-refractivity contribution in [3.05, 3.63) is 0 Å². The Hall–Kier alpha value is -0.510. The van der Waals surface area contributed by atoms with Crippen LogP contribution in [-0.2, 0) is 28.4 Å². The molecule has 0 aromatic heterocycles. The molecular formula is C14H21NO6S. The van der Waals surface area contributed by atoms with Crippen LogP contribution in [0.4, 0.5) is 0 Å². The Kier molecular flexibility index (Phi) is 3.09. The summed E-state index contributed by atoms with van der Waals surface area (Å²) in [5, 5.41) is 3.58. The Balaban J connectivity index is 1.64. The number of ether oxygens (including phenoxy) is 6. The summed E-state index contributed by atoms with van der Waals surface area (Å²) in [6, 6.07) is 0. The van der Waals surface area contributed by atoms with E-state index in [1.807, 2.05) is 27.7 Å². The summed E-state index contributed by atoms with van der Waals surface area (Å²) in [6.45, 7) is 8.30. The van der Waals surface area contributed by atoms with E-state index in [2.05, 4.69) is 5.32 Å². The Morgan fingerprint density at radius 1 is 1.05 bits per heavy atom. The first-order valence-corrected chi connectivity index (χ1v) is 7.89. The first kappa shape index (κ1) is 15.0. The van der Waals surface area contributed by atoms with Crippen LogP contribution < -0.4 is 5.32 Å². The highest BCUT2D eigenvalue weighted by Crippen LogP contribution is 2.47. The monoisotopic (exact) mass is 331 g/mol. The number of hydrogen-bond acceptors (Lipinski definition) is 7. The summed E-state index contributed by atoms with van der Waals surface area (Å²) in [5.41, 5.74) is -0.621. The van der Waals surface area contributed by atoms with E-state index in [4.69, 9.17) is 40.6 Å². The molecule has 0 aromatic carbocycles. The predicted octanol–water partition coefficient (Wildman–Crippen LogP) is 0.658. The Bertz CT molecular complexity index is 512. The van der Waals surface area contributed by atoms with Gasteiger partial charge in [0.1, 0.15) is 30.5 Å². The molecule has 0 radical (unpaired) electrons. The second-order valence-electron chi connectivity index (χ2n) is 7.09. The van der Waals surface area contributed by atoms with E-state index in [0.717, 1.165) is 0 Å². The minimum atomic E-state index is -0.703. The Morgan fingerprint density at radius 3 is 2.41 bits per heavy atom. The van der Waals surface area contributed by atoms with Crippen molar-refractivity contribution < 1.29 is 28.4 Å². The molecule has 4 rings (SSSR count). The average molecular weight is 331 g/mol. The molecule has 0 aliphatic carbocycles. The molecule has 1 spiro atoms. The van der Waals surface area contributed by atoms with Gasteiger partial charge in [-0.05, 0) is 39.9 Å². The second kappa shape index (κ2) is 4.52. The maximum atomic E-state index is 6.13. The van der Waals surface area contributed by atoms with Gasteiger partial charge in [0, 0.05) is 0 Å². The Labute approximate surface area is 134 Å². The van der Waals surface area contributed by atoms with E-state index >= 15 is 0 Å². The van der Waals surface area contributed by atoms with Crippen LogP contribution in [0.25, 0.3) is 0 Å². The van der Waals surface area contributed by atoms with Crippen LogP contribution >= 0.6 is 12.2 Å². The standard InChI is InChI=1S/C14H21NO6S/c1-12(2)17-5-7(19-12)8-14(6-16-11(22)15-14)9-10(18-8)21-13(3,4)20-9/h7-10H,5-6H2,1-4H3,(H,15,22)/t7?,8-,9+,10-,14-/m1/s1. The molecule has 22 heavy (non-hydrogen) atoms. The zero-order valence-corrected chi connectivity index (χ0v) is 13.9. The highest BCUT2D eigenvalue weighted by Gasteiger charge is 2.69. The van der Waals surface area contributed by atoms with Crippen molar-refractivity contribution in [1.29, 1.82) is 0 Å². The fourth-order valence-electron chi connectivity index (χ4n) is 3.64. The molecule has 4 fully saturated rings. The maximum Gasteiger partial charge on any atom is 0.257 e. The molecule has 0 saturated carbocycles. The zero-order chi connectivity index (χ0) is 15.8. The van der Waals surface area contributed by atoms with Crippen molar-refractivity contribution in [2.45, 2.75) is 69.4 Å². The summed E-state index contributed by atoms with van der Waals surface area (Å²) in [5.74, 6) is -1.33. The maximum absolute atomic E-state index is 6.13. The van der Waals surface area contributed by atoms with Gasteiger partial charge in [-0.1, -0.05) is 0 Å². The topological polar surface area (TPSA) is 67.4 Å². The molecular weight excluding hydrogens is 310 g/mol. The molecule has 5 atom stereocenters. The Morgan fingerprint density at radius 2 is 1.82 bits per heavy atom. The van der Waals surface area contributed by atoms with Gasteiger partial charge in [0.25, 0.3) is 5.17 Å². The molecule has 124 valence electrons. The first-order valence-electron chi connectivity index (χ1n) is 7.49. The van der Waals surface area contributed by atoms with Crippen molar-refractivity contribution in [2.75, 3.05) is 13.2 Å². The van der Waals surface area contributed by atoms with E-state index in [9.17, 15) is 0 Å². The van der Waals surface area contributed by atoms with E-state index in [1.165, 1.54) is 0 Å². The van der Waals surface area contributed by atoms with Gasteiger partial charge in [-0.15, -0.1) is 0 Å². The van der Waals surface area contributed by atoms with E-state index in [1.54, 1.807) is 0 Å². The smallest absolute Gasteiger partial charge is 0.257 e. The number of hydrogen-bond donors (Lipinski definition) is 1. The number of nitrogens with one attached hydrogen (secondary N) is 1. The third kappa shape index (κ3) is 2.16. The normalized spacial score (nSPS) is 48.5. The lowest BCUT2D eigenvalue weighted by Gasteiger charge is -2.35. The van der Waals surface area contributed by atoms with Gasteiger partial charge < -0.3 is 33.7 Å². The lowest BCUT2D eigenvalue weighted by molar-refractivity contribution is -0.230. The molecule has 4 aliphatic rings. The second-order valence-corrected chi connectivity index (χ2v) is 7.46. The van der Waals surface area contributed by atoms with Crippen molar-refractivity contribution in [2.24, 2.45) is 0 Å². The third-order valence-electron chi connectivity index (χ3n) is 4.50. The molecule has 1 N–H and O–H groups in total. The molecule has 4 heterocycles.